The smallest absolute Gasteiger partial charge is 0.407 e. The highest BCUT2D eigenvalue weighted by Gasteiger charge is 2.34. The third kappa shape index (κ3) is 23.5. The second kappa shape index (κ2) is 28.4. The molecule has 374 valence electrons. The second-order valence-electron chi connectivity index (χ2n) is 19.1. The number of nitrogens with one attached hydrogen (secondary N) is 6. The minimum atomic E-state index is -1.73. The van der Waals surface area contributed by atoms with Crippen molar-refractivity contribution in [2.75, 3.05) is 19.7 Å². The highest BCUT2D eigenvalue weighted by atomic mass is 16.6. The largest absolute Gasteiger partial charge is 0.480 e. The van der Waals surface area contributed by atoms with Crippen LogP contribution in [-0.4, -0.2) is 108 Å². The summed E-state index contributed by atoms with van der Waals surface area (Å²) < 4.78 is 16.4. The Hall–Kier alpha value is -5.75. The lowest BCUT2D eigenvalue weighted by atomic mass is 10.0. The lowest BCUT2D eigenvalue weighted by molar-refractivity contribution is -0.142. The summed E-state index contributed by atoms with van der Waals surface area (Å²) in [5.41, 5.74) is 8.16. The van der Waals surface area contributed by atoms with Crippen LogP contribution in [0, 0.1) is 5.92 Å². The zero-order valence-electron chi connectivity index (χ0n) is 41.2. The Kier molecular flexibility index (Phi) is 24.3. The molecule has 6 amide bonds. The van der Waals surface area contributed by atoms with E-state index in [4.69, 9.17) is 19.9 Å². The number of carboxylic acid groups (broad SMARTS) is 1. The van der Waals surface area contributed by atoms with E-state index in [2.05, 4.69) is 51.0 Å². The van der Waals surface area contributed by atoms with Gasteiger partial charge in [0.1, 0.15) is 29.3 Å². The van der Waals surface area contributed by atoms with Gasteiger partial charge in [-0.25, -0.2) is 14.4 Å². The van der Waals surface area contributed by atoms with Gasteiger partial charge in [-0.15, -0.1) is 0 Å². The molecule has 2 rings (SSSR count). The summed E-state index contributed by atoms with van der Waals surface area (Å²) in [7, 11) is 0. The van der Waals surface area contributed by atoms with Gasteiger partial charge in [0.25, 0.3) is 11.8 Å². The Morgan fingerprint density at radius 2 is 1.13 bits per heavy atom. The van der Waals surface area contributed by atoms with Gasteiger partial charge in [-0.2, -0.15) is 0 Å². The van der Waals surface area contributed by atoms with E-state index in [1.807, 2.05) is 38.1 Å². The number of aliphatic carboxylic acids is 1. The van der Waals surface area contributed by atoms with Gasteiger partial charge in [-0.05, 0) is 135 Å². The Morgan fingerprint density at radius 3 is 1.61 bits per heavy atom. The van der Waals surface area contributed by atoms with Gasteiger partial charge < -0.3 is 57.0 Å². The number of amides is 6. The Morgan fingerprint density at radius 1 is 0.627 bits per heavy atom. The lowest BCUT2D eigenvalue weighted by Crippen LogP contribution is -2.62. The molecule has 0 saturated carbocycles. The van der Waals surface area contributed by atoms with Gasteiger partial charge in [-0.1, -0.05) is 63.6 Å². The predicted molar refractivity (Wildman–Crippen MR) is 256 cm³/mol. The van der Waals surface area contributed by atoms with Crippen LogP contribution in [-0.2, 0) is 39.8 Å². The van der Waals surface area contributed by atoms with Crippen molar-refractivity contribution in [1.29, 1.82) is 0 Å². The zero-order chi connectivity index (χ0) is 50.3. The number of nitrogens with two attached hydrogens (primary N) is 1. The van der Waals surface area contributed by atoms with Gasteiger partial charge in [0.2, 0.25) is 11.8 Å². The number of carbonyl (C=O) groups is 7. The third-order valence-electron chi connectivity index (χ3n) is 9.99. The van der Waals surface area contributed by atoms with Crippen LogP contribution in [0.25, 0.3) is 11.1 Å². The molecule has 67 heavy (non-hydrogen) atoms. The van der Waals surface area contributed by atoms with Crippen molar-refractivity contribution in [3.63, 3.8) is 0 Å². The van der Waals surface area contributed by atoms with Crippen molar-refractivity contribution < 1.29 is 52.9 Å². The number of carboxylic acids is 1. The maximum atomic E-state index is 14.2. The number of benzene rings is 2. The van der Waals surface area contributed by atoms with Crippen molar-refractivity contribution in [2.45, 2.75) is 169 Å². The summed E-state index contributed by atoms with van der Waals surface area (Å²) in [6.45, 7) is 18.6. The maximum Gasteiger partial charge on any atom is 0.407 e. The van der Waals surface area contributed by atoms with Crippen molar-refractivity contribution in [1.82, 2.24) is 31.9 Å². The molecule has 0 bridgehead atoms. The number of unbranched alkanes of at least 4 members (excludes halogenated alkanes) is 3. The van der Waals surface area contributed by atoms with Crippen molar-refractivity contribution in [3.05, 3.63) is 59.7 Å². The van der Waals surface area contributed by atoms with E-state index in [1.165, 1.54) is 5.56 Å². The minimum absolute atomic E-state index is 0.00219. The van der Waals surface area contributed by atoms with Crippen LogP contribution < -0.4 is 37.6 Å². The van der Waals surface area contributed by atoms with Crippen LogP contribution in [0.15, 0.2) is 48.5 Å². The second-order valence-corrected chi connectivity index (χ2v) is 19.1. The molecule has 0 fully saturated rings. The topological polar surface area (TPSA) is 266 Å². The standard InChI is InChI=1S/C49H77N7O11/c1-11-12-17-33-20-22-34(23-21-33)35-24-26-36(27-25-35)41(57)53-37(18-13-15-28-51-46(63)66-48(5,6)7)42(58)55-39(32(4)65-30-31(2)3)43(59)56-40(50)44(60)54-38(45(61)62)19-14-16-29-52-47(64)67-49(8,9)10/h20-27,31-32,37-40H,11-19,28-30,50H2,1-10H3,(H,51,63)(H,52,64)(H,53,57)(H,54,60)(H,55,58)(H,56,59)(H,61,62)/t32-,37+,38+,39+,40-/m1/s1. The SMILES string of the molecule is CCCCc1ccc(-c2ccc(C(=O)N[C@@H](CCCCNC(=O)OC(C)(C)C)C(=O)N[C@H](C(=O)N[C@@H](N)C(=O)N[C@@H](CCCCNC(=O)OC(C)(C)C)C(=O)O)[C@@H](C)OCC(C)C)cc2)cc1. The first kappa shape index (κ1) is 57.4. The van der Waals surface area contributed by atoms with Crippen LogP contribution in [0.5, 0.6) is 0 Å². The fraction of sp³-hybridized carbons (Fsp3) is 0.612. The molecule has 0 spiro atoms. The third-order valence-corrected chi connectivity index (χ3v) is 9.99. The quantitative estimate of drug-likeness (QED) is 0.0396. The van der Waals surface area contributed by atoms with E-state index in [-0.39, 0.29) is 38.5 Å². The zero-order valence-corrected chi connectivity index (χ0v) is 41.2. The summed E-state index contributed by atoms with van der Waals surface area (Å²) in [6, 6.07) is 11.3. The summed E-state index contributed by atoms with van der Waals surface area (Å²) in [5, 5.41) is 25.3. The van der Waals surface area contributed by atoms with E-state index >= 15 is 0 Å². The first-order chi connectivity index (χ1) is 31.4. The monoisotopic (exact) mass is 940 g/mol. The summed E-state index contributed by atoms with van der Waals surface area (Å²) in [4.78, 5) is 91.0. The maximum absolute atomic E-state index is 14.2. The molecule has 0 saturated heterocycles. The van der Waals surface area contributed by atoms with Crippen LogP contribution in [0.3, 0.4) is 0 Å². The van der Waals surface area contributed by atoms with Gasteiger partial charge in [0.15, 0.2) is 6.17 Å². The first-order valence-electron chi connectivity index (χ1n) is 23.3. The molecule has 0 unspecified atom stereocenters. The summed E-state index contributed by atoms with van der Waals surface area (Å²) in [5.74, 6) is -4.43. The summed E-state index contributed by atoms with van der Waals surface area (Å²) >= 11 is 0. The van der Waals surface area contributed by atoms with Crippen molar-refractivity contribution in [3.8, 4) is 11.1 Å². The van der Waals surface area contributed by atoms with Crippen LogP contribution >= 0.6 is 0 Å². The van der Waals surface area contributed by atoms with Crippen molar-refractivity contribution in [2.24, 2.45) is 11.7 Å². The number of alkyl carbamates (subject to hydrolysis) is 2. The fourth-order valence-corrected chi connectivity index (χ4v) is 6.44. The molecular formula is C49H77N7O11. The van der Waals surface area contributed by atoms with Gasteiger partial charge in [0, 0.05) is 25.3 Å². The van der Waals surface area contributed by atoms with Crippen molar-refractivity contribution >= 4 is 41.8 Å². The van der Waals surface area contributed by atoms with E-state index in [9.17, 15) is 38.7 Å². The minimum Gasteiger partial charge on any atom is -0.480 e. The number of rotatable bonds is 27. The Bertz CT molecular complexity index is 1890. The first-order valence-corrected chi connectivity index (χ1v) is 23.3. The molecule has 2 aromatic carbocycles. The predicted octanol–water partition coefficient (Wildman–Crippen LogP) is 5.70. The molecule has 0 aromatic heterocycles. The molecule has 0 aliphatic rings. The normalized spacial score (nSPS) is 13.8. The average molecular weight is 940 g/mol. The number of aryl methyl sites for hydroxylation is 1. The highest BCUT2D eigenvalue weighted by Crippen LogP contribution is 2.22. The van der Waals surface area contributed by atoms with E-state index in [1.54, 1.807) is 60.6 Å². The van der Waals surface area contributed by atoms with Gasteiger partial charge >= 0.3 is 18.2 Å². The fourth-order valence-electron chi connectivity index (χ4n) is 6.44. The van der Waals surface area contributed by atoms with E-state index in [0.717, 1.165) is 30.4 Å². The molecule has 2 aromatic rings. The van der Waals surface area contributed by atoms with E-state index in [0.29, 0.717) is 31.2 Å². The van der Waals surface area contributed by atoms with E-state index < -0.39 is 83.4 Å². The van der Waals surface area contributed by atoms with Crippen LogP contribution in [0.4, 0.5) is 9.59 Å². The highest BCUT2D eigenvalue weighted by molar-refractivity contribution is 5.99. The Labute approximate surface area is 396 Å². The summed E-state index contributed by atoms with van der Waals surface area (Å²) in [6.07, 6.45) is 0.936. The number of hydrogen-bond donors (Lipinski definition) is 8. The van der Waals surface area contributed by atoms with Crippen LogP contribution in [0.2, 0.25) is 0 Å². The van der Waals surface area contributed by atoms with Gasteiger partial charge in [0.05, 0.1) is 6.10 Å². The van der Waals surface area contributed by atoms with Gasteiger partial charge in [-0.3, -0.25) is 19.2 Å². The number of hydrogen-bond acceptors (Lipinski definition) is 11. The molecule has 18 nitrogen and oxygen atoms in total. The molecule has 0 radical (unpaired) electrons. The average Bonchev–Trinajstić information content (AvgIpc) is 3.24. The molecule has 0 aliphatic heterocycles. The molecule has 9 N–H and O–H groups in total. The molecule has 0 aliphatic carbocycles. The number of carbonyl (C=O) groups excluding carboxylic acids is 6. The number of ether oxygens (including phenoxy) is 3. The lowest BCUT2D eigenvalue weighted by Gasteiger charge is -2.29. The molecule has 0 heterocycles. The molecule has 5 atom stereocenters. The van der Waals surface area contributed by atoms with Crippen LogP contribution in [0.1, 0.15) is 137 Å². The molecular weight excluding hydrogens is 863 g/mol. The Balaban J connectivity index is 2.23. The molecule has 18 heteroatoms.